The Morgan fingerprint density at radius 1 is 1.88 bits per heavy atom. The molecule has 0 saturated heterocycles. The molecule has 0 unspecified atom stereocenters. The van der Waals surface area contributed by atoms with Crippen LogP contribution in [0.25, 0.3) is 0 Å². The summed E-state index contributed by atoms with van der Waals surface area (Å²) in [6.07, 6.45) is 0. The first kappa shape index (κ1) is 6.83. The van der Waals surface area contributed by atoms with E-state index in [2.05, 4.69) is 17.3 Å². The van der Waals surface area contributed by atoms with E-state index in [0.29, 0.717) is 6.54 Å². The smallest absolute Gasteiger partial charge is 0.217 e. The van der Waals surface area contributed by atoms with E-state index in [9.17, 15) is 4.79 Å². The van der Waals surface area contributed by atoms with Crippen molar-refractivity contribution in [1.29, 1.82) is 0 Å². The summed E-state index contributed by atoms with van der Waals surface area (Å²) in [6.45, 7) is 1.77. The Morgan fingerprint density at radius 2 is 2.50 bits per heavy atom. The van der Waals surface area contributed by atoms with Crippen molar-refractivity contribution >= 4 is 5.91 Å². The predicted molar refractivity (Wildman–Crippen MR) is 30.6 cm³/mol. The highest BCUT2D eigenvalue weighted by molar-refractivity contribution is 5.73. The minimum Gasteiger partial charge on any atom is -0.359 e. The summed E-state index contributed by atoms with van der Waals surface area (Å²) in [6, 6.07) is 2.16. The van der Waals surface area contributed by atoms with Crippen molar-refractivity contribution in [1.82, 2.24) is 5.32 Å². The van der Waals surface area contributed by atoms with Crippen molar-refractivity contribution in [3.63, 3.8) is 0 Å². The van der Waals surface area contributed by atoms with Crippen molar-refractivity contribution in [2.24, 2.45) is 5.73 Å². The summed E-state index contributed by atoms with van der Waals surface area (Å²) in [7, 11) is 0. The Morgan fingerprint density at radius 3 is 2.88 bits per heavy atom. The fourth-order valence-electron chi connectivity index (χ4n) is 0.220. The van der Waals surface area contributed by atoms with Crippen LogP contribution in [0.5, 0.6) is 0 Å². The van der Waals surface area contributed by atoms with Crippen LogP contribution in [0, 0.1) is 12.0 Å². The number of rotatable bonds is 1. The number of nitrogens with two attached hydrogens (primary N) is 1. The minimum atomic E-state index is -0.0900. The average Bonchev–Trinajstić information content (AvgIpc) is 1.66. The largest absolute Gasteiger partial charge is 0.359 e. The molecular weight excluding hydrogens is 104 g/mol. The third kappa shape index (κ3) is 4.83. The highest BCUT2D eigenvalue weighted by Crippen LogP contribution is 1.55. The van der Waals surface area contributed by atoms with Crippen LogP contribution in [0.4, 0.5) is 0 Å². The third-order valence-corrected chi connectivity index (χ3v) is 0.528. The highest BCUT2D eigenvalue weighted by atomic mass is 16.1. The summed E-state index contributed by atoms with van der Waals surface area (Å²) in [5, 5.41) is 2.45. The monoisotopic (exact) mass is 112 g/mol. The lowest BCUT2D eigenvalue weighted by Crippen LogP contribution is -2.19. The number of nitrogens with one attached hydrogen (secondary N) is 1. The molecule has 0 atom stereocenters. The molecule has 0 spiro atoms. The van der Waals surface area contributed by atoms with Crippen LogP contribution in [0.1, 0.15) is 6.92 Å². The molecule has 0 heterocycles. The molecule has 0 aromatic carbocycles. The first-order valence-electron chi connectivity index (χ1n) is 2.20. The average molecular weight is 112 g/mol. The number of carbonyl (C=O) groups excluding carboxylic acids is 1. The summed E-state index contributed by atoms with van der Waals surface area (Å²) >= 11 is 0. The maximum absolute atomic E-state index is 10.1. The van der Waals surface area contributed by atoms with Crippen molar-refractivity contribution in [3.05, 3.63) is 0 Å². The lowest BCUT2D eigenvalue weighted by molar-refractivity contribution is -0.118. The Bertz CT molecular complexity index is 131. The lowest BCUT2D eigenvalue weighted by Gasteiger charge is -1.89. The van der Waals surface area contributed by atoms with E-state index < -0.39 is 0 Å². The zero-order valence-electron chi connectivity index (χ0n) is 4.69. The van der Waals surface area contributed by atoms with Gasteiger partial charge in [0.15, 0.2) is 0 Å². The molecule has 0 aliphatic heterocycles. The van der Waals surface area contributed by atoms with Crippen LogP contribution >= 0.6 is 0 Å². The van der Waals surface area contributed by atoms with E-state index in [1.54, 1.807) is 0 Å². The van der Waals surface area contributed by atoms with Crippen LogP contribution in [0.3, 0.4) is 0 Å². The van der Waals surface area contributed by atoms with Gasteiger partial charge < -0.3 is 11.1 Å². The quantitative estimate of drug-likeness (QED) is 0.339. The summed E-state index contributed by atoms with van der Waals surface area (Å²) in [5.74, 6) is 2.39. The van der Waals surface area contributed by atoms with Crippen molar-refractivity contribution in [2.45, 2.75) is 6.92 Å². The van der Waals surface area contributed by atoms with E-state index in [0.717, 1.165) is 0 Å². The van der Waals surface area contributed by atoms with Gasteiger partial charge in [0.25, 0.3) is 0 Å². The topological polar surface area (TPSA) is 55.1 Å². The van der Waals surface area contributed by atoms with Gasteiger partial charge in [-0.15, -0.1) is 0 Å². The number of amides is 1. The lowest BCUT2D eigenvalue weighted by atomic mass is 10.6. The van der Waals surface area contributed by atoms with E-state index >= 15 is 0 Å². The van der Waals surface area contributed by atoms with E-state index in [1.807, 2.05) is 0 Å². The molecule has 0 bridgehead atoms. The van der Waals surface area contributed by atoms with Gasteiger partial charge in [0.1, 0.15) is 0 Å². The molecule has 1 amide bonds. The molecule has 0 aliphatic rings. The molecule has 0 aliphatic carbocycles. The highest BCUT2D eigenvalue weighted by Gasteiger charge is 1.81. The van der Waals surface area contributed by atoms with Gasteiger partial charge in [0, 0.05) is 13.0 Å². The maximum Gasteiger partial charge on any atom is 0.217 e. The predicted octanol–water partition coefficient (Wildman–Crippen LogP) is -0.958. The van der Waals surface area contributed by atoms with Crippen LogP contribution in [-0.4, -0.2) is 12.5 Å². The van der Waals surface area contributed by atoms with Crippen LogP contribution < -0.4 is 11.1 Å². The Kier molecular flexibility index (Phi) is 3.42. The summed E-state index contributed by atoms with van der Waals surface area (Å²) < 4.78 is 0. The van der Waals surface area contributed by atoms with Gasteiger partial charge in [-0.25, -0.2) is 0 Å². The molecule has 0 rings (SSSR count). The second-order valence-corrected chi connectivity index (χ2v) is 1.23. The number of hydrogen-bond acceptors (Lipinski definition) is 2. The molecule has 0 saturated carbocycles. The molecule has 0 aromatic heterocycles. The Balaban J connectivity index is 3.14. The maximum atomic E-state index is 10.1. The van der Waals surface area contributed by atoms with E-state index in [-0.39, 0.29) is 5.91 Å². The van der Waals surface area contributed by atoms with Gasteiger partial charge in [0.05, 0.1) is 6.54 Å². The normalized spacial score (nSPS) is 6.62. The van der Waals surface area contributed by atoms with Crippen molar-refractivity contribution < 1.29 is 4.79 Å². The second kappa shape index (κ2) is 4.00. The van der Waals surface area contributed by atoms with E-state index in [1.165, 1.54) is 6.92 Å². The van der Waals surface area contributed by atoms with Gasteiger partial charge >= 0.3 is 0 Å². The van der Waals surface area contributed by atoms with Gasteiger partial charge in [0.2, 0.25) is 5.91 Å². The Hall–Kier alpha value is -1.17. The molecule has 0 fully saturated rings. The van der Waals surface area contributed by atoms with Gasteiger partial charge in [-0.1, -0.05) is 5.92 Å². The first-order chi connectivity index (χ1) is 3.77. The van der Waals surface area contributed by atoms with Crippen LogP contribution in [-0.2, 0) is 4.79 Å². The van der Waals surface area contributed by atoms with Crippen LogP contribution in [0.2, 0.25) is 0 Å². The molecule has 8 heavy (non-hydrogen) atoms. The molecule has 44 valence electrons. The third-order valence-electron chi connectivity index (χ3n) is 0.528. The molecule has 3 heteroatoms. The number of hydrogen-bond donors (Lipinski definition) is 2. The molecular formula is C5H8N2O. The zero-order valence-corrected chi connectivity index (χ0v) is 4.69. The van der Waals surface area contributed by atoms with Gasteiger partial charge in [-0.05, 0) is 0 Å². The number of carbonyl (C=O) groups is 1. The second-order valence-electron chi connectivity index (χ2n) is 1.23. The molecule has 0 radical (unpaired) electrons. The van der Waals surface area contributed by atoms with E-state index in [4.69, 9.17) is 5.73 Å². The standard InChI is InChI=1S/C5H8N2O/c1-5(8)7-4-2-3-6/h4,6H2,1H3,(H,7,8). The zero-order chi connectivity index (χ0) is 6.41. The Labute approximate surface area is 48.2 Å². The molecule has 3 N–H and O–H groups in total. The van der Waals surface area contributed by atoms with Gasteiger partial charge in [-0.3, -0.25) is 4.79 Å². The van der Waals surface area contributed by atoms with Crippen molar-refractivity contribution in [3.8, 4) is 12.0 Å². The van der Waals surface area contributed by atoms with Gasteiger partial charge in [-0.2, -0.15) is 0 Å². The summed E-state index contributed by atoms with van der Waals surface area (Å²) in [5.41, 5.74) is 4.80. The fourth-order valence-corrected chi connectivity index (χ4v) is 0.220. The first-order valence-corrected chi connectivity index (χ1v) is 2.20. The fraction of sp³-hybridized carbons (Fsp3) is 0.400. The molecule has 0 aromatic rings. The van der Waals surface area contributed by atoms with Crippen molar-refractivity contribution in [2.75, 3.05) is 6.54 Å². The van der Waals surface area contributed by atoms with Crippen LogP contribution in [0.15, 0.2) is 0 Å². The SMILES string of the molecule is CC(=O)NCC#CN. The molecule has 3 nitrogen and oxygen atoms in total. The minimum absolute atomic E-state index is 0.0900. The summed E-state index contributed by atoms with van der Waals surface area (Å²) in [4.78, 5) is 10.1.